The van der Waals surface area contributed by atoms with Gasteiger partial charge in [0.25, 0.3) is 0 Å². The molecule has 1 aromatic rings. The van der Waals surface area contributed by atoms with Crippen molar-refractivity contribution in [3.63, 3.8) is 0 Å². The summed E-state index contributed by atoms with van der Waals surface area (Å²) in [6, 6.07) is 7.69. The summed E-state index contributed by atoms with van der Waals surface area (Å²) in [5.74, 6) is 1.14. The summed E-state index contributed by atoms with van der Waals surface area (Å²) in [6.07, 6.45) is 4.20. The Bertz CT molecular complexity index is 292. The lowest BCUT2D eigenvalue weighted by Crippen LogP contribution is -2.23. The molecule has 0 aliphatic heterocycles. The molecule has 1 unspecified atom stereocenters. The molecule has 0 radical (unpaired) electrons. The number of halogens is 1. The number of thioether (sulfide) groups is 1. The van der Waals surface area contributed by atoms with Gasteiger partial charge in [0.05, 0.1) is 6.61 Å². The molecule has 4 heteroatoms. The Labute approximate surface area is 106 Å². The molecule has 0 aromatic heterocycles. The molecule has 0 aliphatic rings. The zero-order valence-corrected chi connectivity index (χ0v) is 11.0. The van der Waals surface area contributed by atoms with Gasteiger partial charge >= 0.3 is 0 Å². The van der Waals surface area contributed by atoms with E-state index in [1.165, 1.54) is 0 Å². The highest BCUT2D eigenvalue weighted by molar-refractivity contribution is 7.98. The van der Waals surface area contributed by atoms with Gasteiger partial charge in [0.15, 0.2) is 0 Å². The van der Waals surface area contributed by atoms with E-state index in [9.17, 15) is 5.11 Å². The lowest BCUT2D eigenvalue weighted by molar-refractivity contribution is 0.268. The van der Waals surface area contributed by atoms with Gasteiger partial charge in [0.1, 0.15) is 0 Å². The SMILES string of the molecule is CSCCCC(CO)Nc1ccc(Cl)cc1. The van der Waals surface area contributed by atoms with Crippen molar-refractivity contribution in [2.75, 3.05) is 23.9 Å². The normalized spacial score (nSPS) is 12.4. The van der Waals surface area contributed by atoms with Crippen molar-refractivity contribution >= 4 is 29.1 Å². The summed E-state index contributed by atoms with van der Waals surface area (Å²) in [4.78, 5) is 0. The van der Waals surface area contributed by atoms with Crippen molar-refractivity contribution in [3.8, 4) is 0 Å². The smallest absolute Gasteiger partial charge is 0.0632 e. The lowest BCUT2D eigenvalue weighted by Gasteiger charge is -2.17. The van der Waals surface area contributed by atoms with E-state index in [0.717, 1.165) is 29.3 Å². The van der Waals surface area contributed by atoms with Gasteiger partial charge in [-0.25, -0.2) is 0 Å². The maximum atomic E-state index is 9.25. The first-order chi connectivity index (χ1) is 7.76. The van der Waals surface area contributed by atoms with E-state index < -0.39 is 0 Å². The Morgan fingerprint density at radius 1 is 1.38 bits per heavy atom. The summed E-state index contributed by atoms with van der Waals surface area (Å²) in [5.41, 5.74) is 1.01. The molecule has 2 N–H and O–H groups in total. The largest absolute Gasteiger partial charge is 0.394 e. The van der Waals surface area contributed by atoms with Crippen molar-refractivity contribution < 1.29 is 5.11 Å². The second-order valence-electron chi connectivity index (χ2n) is 3.67. The van der Waals surface area contributed by atoms with E-state index in [-0.39, 0.29) is 12.6 Å². The molecule has 1 aromatic carbocycles. The summed E-state index contributed by atoms with van der Waals surface area (Å²) >= 11 is 7.64. The molecule has 0 amide bonds. The molecule has 16 heavy (non-hydrogen) atoms. The van der Waals surface area contributed by atoms with Gasteiger partial charge in [0, 0.05) is 16.8 Å². The number of hydrogen-bond acceptors (Lipinski definition) is 3. The van der Waals surface area contributed by atoms with Gasteiger partial charge in [-0.15, -0.1) is 0 Å². The predicted octanol–water partition coefficient (Wildman–Crippen LogP) is 3.26. The standard InChI is InChI=1S/C12H18ClNOS/c1-16-8-2-3-12(9-15)14-11-6-4-10(13)5-7-11/h4-7,12,14-15H,2-3,8-9H2,1H3. The number of aliphatic hydroxyl groups excluding tert-OH is 1. The minimum Gasteiger partial charge on any atom is -0.394 e. The van der Waals surface area contributed by atoms with Crippen LogP contribution in [-0.2, 0) is 0 Å². The van der Waals surface area contributed by atoms with Crippen LogP contribution in [0, 0.1) is 0 Å². The number of hydrogen-bond donors (Lipinski definition) is 2. The summed E-state index contributed by atoms with van der Waals surface area (Å²) < 4.78 is 0. The Hall–Kier alpha value is -0.380. The maximum Gasteiger partial charge on any atom is 0.0632 e. The van der Waals surface area contributed by atoms with Crippen LogP contribution in [0.5, 0.6) is 0 Å². The Balaban J connectivity index is 2.40. The van der Waals surface area contributed by atoms with E-state index in [1.807, 2.05) is 36.0 Å². The highest BCUT2D eigenvalue weighted by Gasteiger charge is 2.06. The van der Waals surface area contributed by atoms with Gasteiger partial charge < -0.3 is 10.4 Å². The average molecular weight is 260 g/mol. The van der Waals surface area contributed by atoms with Crippen LogP contribution < -0.4 is 5.32 Å². The van der Waals surface area contributed by atoms with E-state index in [0.29, 0.717) is 0 Å². The topological polar surface area (TPSA) is 32.3 Å². The van der Waals surface area contributed by atoms with Crippen molar-refractivity contribution in [3.05, 3.63) is 29.3 Å². The van der Waals surface area contributed by atoms with Gasteiger partial charge in [-0.3, -0.25) is 0 Å². The third-order valence-corrected chi connectivity index (χ3v) is 3.29. The van der Waals surface area contributed by atoms with Gasteiger partial charge in [0.2, 0.25) is 0 Å². The second kappa shape index (κ2) is 7.82. The summed E-state index contributed by atoms with van der Waals surface area (Å²) in [6.45, 7) is 0.164. The van der Waals surface area contributed by atoms with E-state index in [2.05, 4.69) is 11.6 Å². The third kappa shape index (κ3) is 5.10. The van der Waals surface area contributed by atoms with E-state index in [4.69, 9.17) is 11.6 Å². The number of nitrogens with one attached hydrogen (secondary N) is 1. The highest BCUT2D eigenvalue weighted by atomic mass is 35.5. The molecular weight excluding hydrogens is 242 g/mol. The molecular formula is C12H18ClNOS. The third-order valence-electron chi connectivity index (χ3n) is 2.34. The molecule has 0 spiro atoms. The summed E-state index contributed by atoms with van der Waals surface area (Å²) in [5, 5.41) is 13.3. The molecule has 90 valence electrons. The maximum absolute atomic E-state index is 9.25. The number of benzene rings is 1. The Kier molecular flexibility index (Phi) is 6.69. The van der Waals surface area contributed by atoms with Gasteiger partial charge in [-0.05, 0) is 49.1 Å². The van der Waals surface area contributed by atoms with Crippen LogP contribution in [0.25, 0.3) is 0 Å². The van der Waals surface area contributed by atoms with Crippen molar-refractivity contribution in [1.29, 1.82) is 0 Å². The van der Waals surface area contributed by atoms with Crippen LogP contribution in [-0.4, -0.2) is 29.8 Å². The average Bonchev–Trinajstić information content (AvgIpc) is 2.31. The molecule has 1 rings (SSSR count). The quantitative estimate of drug-likeness (QED) is 0.738. The van der Waals surface area contributed by atoms with Crippen molar-refractivity contribution in [2.24, 2.45) is 0 Å². The van der Waals surface area contributed by atoms with Crippen LogP contribution in [0.2, 0.25) is 5.02 Å². The number of aliphatic hydroxyl groups is 1. The fraction of sp³-hybridized carbons (Fsp3) is 0.500. The first-order valence-electron chi connectivity index (χ1n) is 5.38. The lowest BCUT2D eigenvalue weighted by atomic mass is 10.1. The molecule has 0 saturated heterocycles. The molecule has 0 bridgehead atoms. The Morgan fingerprint density at radius 2 is 2.06 bits per heavy atom. The number of anilines is 1. The van der Waals surface area contributed by atoms with E-state index >= 15 is 0 Å². The minimum absolute atomic E-state index is 0.133. The van der Waals surface area contributed by atoms with Crippen LogP contribution in [0.3, 0.4) is 0 Å². The molecule has 0 fully saturated rings. The zero-order valence-electron chi connectivity index (χ0n) is 9.45. The first kappa shape index (κ1) is 13.7. The summed E-state index contributed by atoms with van der Waals surface area (Å²) in [7, 11) is 0. The molecule has 1 atom stereocenters. The molecule has 0 saturated carbocycles. The van der Waals surface area contributed by atoms with Gasteiger partial charge in [-0.2, -0.15) is 11.8 Å². The van der Waals surface area contributed by atoms with Crippen molar-refractivity contribution in [1.82, 2.24) is 0 Å². The number of rotatable bonds is 7. The van der Waals surface area contributed by atoms with E-state index in [1.54, 1.807) is 0 Å². The fourth-order valence-electron chi connectivity index (χ4n) is 1.46. The molecule has 2 nitrogen and oxygen atoms in total. The predicted molar refractivity (Wildman–Crippen MR) is 73.6 cm³/mol. The zero-order chi connectivity index (χ0) is 11.8. The monoisotopic (exact) mass is 259 g/mol. The van der Waals surface area contributed by atoms with Gasteiger partial charge in [-0.1, -0.05) is 11.6 Å². The second-order valence-corrected chi connectivity index (χ2v) is 5.09. The molecule has 0 aliphatic carbocycles. The highest BCUT2D eigenvalue weighted by Crippen LogP contribution is 2.15. The van der Waals surface area contributed by atoms with Crippen LogP contribution in [0.15, 0.2) is 24.3 Å². The first-order valence-corrected chi connectivity index (χ1v) is 7.15. The Morgan fingerprint density at radius 3 is 2.62 bits per heavy atom. The van der Waals surface area contributed by atoms with Crippen LogP contribution in [0.1, 0.15) is 12.8 Å². The fourth-order valence-corrected chi connectivity index (χ4v) is 2.05. The van der Waals surface area contributed by atoms with Crippen LogP contribution >= 0.6 is 23.4 Å². The minimum atomic E-state index is 0.133. The molecule has 0 heterocycles. The van der Waals surface area contributed by atoms with Crippen molar-refractivity contribution in [2.45, 2.75) is 18.9 Å². The van der Waals surface area contributed by atoms with Crippen LogP contribution in [0.4, 0.5) is 5.69 Å².